The summed E-state index contributed by atoms with van der Waals surface area (Å²) in [6.07, 6.45) is -0.750. The number of carboxylic acid groups (broad SMARTS) is 1. The number of benzene rings is 3. The fourth-order valence-electron chi connectivity index (χ4n) is 9.20. The lowest BCUT2D eigenvalue weighted by Gasteiger charge is -2.56. The number of phenols is 2. The molecule has 3 aromatic carbocycles. The molecule has 17 nitrogen and oxygen atoms in total. The molecule has 4 aliphatic rings. The number of hydrogen-bond acceptors (Lipinski definition) is 15. The van der Waals surface area contributed by atoms with Gasteiger partial charge in [0.1, 0.15) is 51.4 Å². The van der Waals surface area contributed by atoms with Gasteiger partial charge in [0.2, 0.25) is 12.0 Å². The molecule has 1 saturated carbocycles. The number of carboxylic acids is 1. The molecule has 3 fully saturated rings. The van der Waals surface area contributed by atoms with Gasteiger partial charge < -0.3 is 70.0 Å². The topological polar surface area (TPSA) is 271 Å². The molecule has 2 saturated heterocycles. The van der Waals surface area contributed by atoms with E-state index in [4.69, 9.17) is 29.1 Å². The fraction of sp³-hybridized carbons (Fsp3) is 0.364. The number of rotatable bonds is 12. The number of fused-ring (bicyclic) bond motifs is 3. The van der Waals surface area contributed by atoms with Gasteiger partial charge in [0, 0.05) is 55.0 Å². The summed E-state index contributed by atoms with van der Waals surface area (Å²) in [5.41, 5.74) is 0.743. The van der Waals surface area contributed by atoms with E-state index < -0.39 is 64.4 Å². The highest BCUT2D eigenvalue weighted by molar-refractivity contribution is 5.89. The number of aromatic hydroxyl groups is 2. The van der Waals surface area contributed by atoms with Crippen LogP contribution in [0.1, 0.15) is 36.9 Å². The van der Waals surface area contributed by atoms with Crippen LogP contribution in [0.15, 0.2) is 94.2 Å². The van der Waals surface area contributed by atoms with E-state index in [0.717, 1.165) is 5.69 Å². The van der Waals surface area contributed by atoms with E-state index >= 15 is 0 Å². The summed E-state index contributed by atoms with van der Waals surface area (Å²) in [5, 5.41) is 74.7. The Hall–Kier alpha value is -6.08. The first kappa shape index (κ1) is 40.3. The summed E-state index contributed by atoms with van der Waals surface area (Å²) >= 11 is 0. The minimum atomic E-state index is -2.54. The third-order valence-electron chi connectivity index (χ3n) is 12.3. The number of aliphatic hydroxyl groups excluding tert-OH is 1. The van der Waals surface area contributed by atoms with Crippen molar-refractivity contribution in [2.75, 3.05) is 25.6 Å². The minimum Gasteiger partial charge on any atom is -0.508 e. The number of nitrogen functional groups attached to an aromatic ring is 1. The zero-order valence-corrected chi connectivity index (χ0v) is 32.7. The Kier molecular flexibility index (Phi) is 10.2. The number of phenolic OH excluding ortho intramolecular Hbond substituents is 2. The SMILES string of the molecule is Nc1ccc(CCOc2ccc(-c3cc(=O)c4c(O)c(OC5(c6cccc(O)c6)CCCC5)c(O[C@@H]5O[C@H](C(=O)O)[C@]6(O)[C@H]([C@H]7CNCN7)C=C[C@@]5(O)[C@@H]6O)cc4o3)cc2)[nH]1. The van der Waals surface area contributed by atoms with Crippen molar-refractivity contribution in [2.45, 2.75) is 73.4 Å². The van der Waals surface area contributed by atoms with E-state index in [0.29, 0.717) is 74.6 Å². The van der Waals surface area contributed by atoms with Crippen molar-refractivity contribution in [3.63, 3.8) is 0 Å². The summed E-state index contributed by atoms with van der Waals surface area (Å²) < 4.78 is 31.1. The highest BCUT2D eigenvalue weighted by atomic mass is 16.7. The van der Waals surface area contributed by atoms with Crippen molar-refractivity contribution in [3.8, 4) is 40.1 Å². The standard InChI is InChI=1S/C44H46N4O13/c45-34-11-8-25(48-34)13-17-57-27-9-6-23(7-10-27)31-19-30(50)35-32(58-31)20-33(37(36(35)51)61-42(14-1-2-15-42)24-4-3-5-26(49)18-24)59-41-43(55)16-12-28(29-21-46-22-47-29)44(56,40(43)54)38(60-41)39(52)53/h3-12,16,18-20,28-29,38,40-41,46-49,51,54-56H,1-2,13-15,17,21-22,45H2,(H,52,53)/t28-,29+,38+,40-,41+,43+,44+/m0/s1. The molecule has 0 unspecified atom stereocenters. The summed E-state index contributed by atoms with van der Waals surface area (Å²) in [4.78, 5) is 29.8. The van der Waals surface area contributed by atoms with Crippen molar-refractivity contribution in [1.29, 1.82) is 0 Å². The Balaban J connectivity index is 1.11. The van der Waals surface area contributed by atoms with Gasteiger partial charge >= 0.3 is 5.97 Å². The number of anilines is 1. The van der Waals surface area contributed by atoms with E-state index in [1.54, 1.807) is 48.5 Å². The van der Waals surface area contributed by atoms with Crippen LogP contribution in [-0.2, 0) is 21.6 Å². The first-order valence-corrected chi connectivity index (χ1v) is 20.1. The third-order valence-corrected chi connectivity index (χ3v) is 12.3. The normalized spacial score (nSPS) is 27.9. The quantitative estimate of drug-likeness (QED) is 0.0809. The molecule has 0 spiro atoms. The molecule has 7 atom stereocenters. The van der Waals surface area contributed by atoms with Crippen LogP contribution in [0.5, 0.6) is 28.7 Å². The maximum atomic E-state index is 14.0. The Morgan fingerprint density at radius 2 is 1.79 bits per heavy atom. The van der Waals surface area contributed by atoms with Crippen LogP contribution < -0.4 is 36.0 Å². The first-order valence-electron chi connectivity index (χ1n) is 20.1. The first-order chi connectivity index (χ1) is 29.3. The molecule has 2 aliphatic carbocycles. The molecule has 11 N–H and O–H groups in total. The molecule has 17 heteroatoms. The number of nitrogens with one attached hydrogen (secondary N) is 3. The van der Waals surface area contributed by atoms with Crippen LogP contribution >= 0.6 is 0 Å². The average molecular weight is 839 g/mol. The van der Waals surface area contributed by atoms with Crippen molar-refractivity contribution >= 4 is 22.8 Å². The lowest BCUT2D eigenvalue weighted by molar-refractivity contribution is -0.342. The predicted molar refractivity (Wildman–Crippen MR) is 218 cm³/mol. The number of nitrogens with two attached hydrogens (primary N) is 1. The molecule has 4 heterocycles. The molecule has 0 amide bonds. The van der Waals surface area contributed by atoms with Crippen LogP contribution in [-0.4, -0.2) is 97.2 Å². The van der Waals surface area contributed by atoms with E-state index in [9.17, 15) is 40.2 Å². The predicted octanol–water partition coefficient (Wildman–Crippen LogP) is 2.97. The Morgan fingerprint density at radius 1 is 1.00 bits per heavy atom. The number of ether oxygens (including phenoxy) is 4. The van der Waals surface area contributed by atoms with Gasteiger partial charge in [-0.25, -0.2) is 4.79 Å². The maximum Gasteiger partial charge on any atom is 0.336 e. The second-order valence-electron chi connectivity index (χ2n) is 16.1. The zero-order valence-electron chi connectivity index (χ0n) is 32.7. The number of H-pyrrole nitrogens is 1. The van der Waals surface area contributed by atoms with E-state index in [-0.39, 0.29) is 34.0 Å². The van der Waals surface area contributed by atoms with E-state index in [1.165, 1.54) is 30.4 Å². The number of aliphatic hydroxyl groups is 3. The summed E-state index contributed by atoms with van der Waals surface area (Å²) in [5.74, 6) is -2.81. The van der Waals surface area contributed by atoms with Gasteiger partial charge in [-0.05, 0) is 85.9 Å². The van der Waals surface area contributed by atoms with E-state index in [1.807, 2.05) is 6.07 Å². The van der Waals surface area contributed by atoms with Crippen molar-refractivity contribution in [3.05, 3.63) is 106 Å². The second kappa shape index (κ2) is 15.4. The van der Waals surface area contributed by atoms with Gasteiger partial charge in [0.05, 0.1) is 6.61 Å². The molecule has 2 aliphatic heterocycles. The smallest absolute Gasteiger partial charge is 0.336 e. The molecule has 0 radical (unpaired) electrons. The highest BCUT2D eigenvalue weighted by Gasteiger charge is 2.70. The summed E-state index contributed by atoms with van der Waals surface area (Å²) in [7, 11) is 0. The number of aromatic amines is 1. The van der Waals surface area contributed by atoms with E-state index in [2.05, 4.69) is 15.6 Å². The van der Waals surface area contributed by atoms with Crippen LogP contribution in [0.4, 0.5) is 5.82 Å². The lowest BCUT2D eigenvalue weighted by Crippen LogP contribution is -2.79. The van der Waals surface area contributed by atoms with Gasteiger partial charge in [-0.2, -0.15) is 0 Å². The van der Waals surface area contributed by atoms with Crippen LogP contribution in [0.2, 0.25) is 0 Å². The lowest BCUT2D eigenvalue weighted by atomic mass is 9.63. The molecule has 320 valence electrons. The molecule has 5 aromatic rings. The number of aromatic nitrogens is 1. The molecule has 9 rings (SSSR count). The van der Waals surface area contributed by atoms with Crippen molar-refractivity contribution in [2.24, 2.45) is 5.92 Å². The molecule has 2 aromatic heterocycles. The summed E-state index contributed by atoms with van der Waals surface area (Å²) in [6, 6.07) is 18.9. The van der Waals surface area contributed by atoms with Gasteiger partial charge in [-0.3, -0.25) is 10.1 Å². The average Bonchev–Trinajstić information content (AvgIpc) is 4.03. The Bertz CT molecular complexity index is 2540. The van der Waals surface area contributed by atoms with Crippen molar-refractivity contribution in [1.82, 2.24) is 15.6 Å². The van der Waals surface area contributed by atoms with Crippen LogP contribution in [0.25, 0.3) is 22.3 Å². The fourth-order valence-corrected chi connectivity index (χ4v) is 9.20. The zero-order chi connectivity index (χ0) is 42.7. The van der Waals surface area contributed by atoms with Gasteiger partial charge in [-0.15, -0.1) is 0 Å². The van der Waals surface area contributed by atoms with Crippen molar-refractivity contribution < 1.29 is 58.8 Å². The van der Waals surface area contributed by atoms with Crippen LogP contribution in [0, 0.1) is 5.92 Å². The second-order valence-corrected chi connectivity index (χ2v) is 16.1. The summed E-state index contributed by atoms with van der Waals surface area (Å²) in [6.45, 7) is 1.08. The minimum absolute atomic E-state index is 0.0217. The number of carbonyl (C=O) groups is 1. The number of hydrogen-bond donors (Lipinski definition) is 10. The number of aliphatic carboxylic acids is 1. The Labute approximate surface area is 348 Å². The monoisotopic (exact) mass is 838 g/mol. The van der Waals surface area contributed by atoms with Crippen LogP contribution in [0.3, 0.4) is 0 Å². The molecular formula is C44H46N4O13. The highest BCUT2D eigenvalue weighted by Crippen LogP contribution is 2.53. The third kappa shape index (κ3) is 7.02. The maximum absolute atomic E-state index is 14.0. The molecule has 61 heavy (non-hydrogen) atoms. The van der Waals surface area contributed by atoms with Gasteiger partial charge in [0.15, 0.2) is 28.6 Å². The molecular weight excluding hydrogens is 792 g/mol. The van der Waals surface area contributed by atoms with Gasteiger partial charge in [0.25, 0.3) is 0 Å². The largest absolute Gasteiger partial charge is 0.508 e. The van der Waals surface area contributed by atoms with Gasteiger partial charge in [-0.1, -0.05) is 18.2 Å². The molecule has 2 bridgehead atoms. The Morgan fingerprint density at radius 3 is 2.48 bits per heavy atom.